The number of benzene rings is 3. The number of sulfonamides is 1. The molecular formula is C23H21Cl2FN2O3S. The second-order valence-electron chi connectivity index (χ2n) is 7.23. The quantitative estimate of drug-likeness (QED) is 0.481. The molecule has 3 aromatic rings. The highest BCUT2D eigenvalue weighted by Crippen LogP contribution is 2.21. The molecule has 0 spiro atoms. The second kappa shape index (κ2) is 10.4. The number of carbonyl (C=O) groups excluding carboxylic acids is 1. The number of nitrogens with zero attached hydrogens (tertiary/aromatic N) is 1. The molecule has 0 aliphatic heterocycles. The average Bonchev–Trinajstić information content (AvgIpc) is 2.74. The molecule has 0 aliphatic rings. The van der Waals surface area contributed by atoms with E-state index in [4.69, 9.17) is 23.2 Å². The van der Waals surface area contributed by atoms with Crippen LogP contribution in [0.15, 0.2) is 71.6 Å². The first-order valence-electron chi connectivity index (χ1n) is 9.67. The topological polar surface area (TPSA) is 66.5 Å². The number of halogens is 3. The first-order valence-corrected chi connectivity index (χ1v) is 11.9. The van der Waals surface area contributed by atoms with Crippen molar-refractivity contribution in [2.45, 2.75) is 24.9 Å². The van der Waals surface area contributed by atoms with Gasteiger partial charge in [-0.05, 0) is 54.4 Å². The van der Waals surface area contributed by atoms with Crippen LogP contribution in [0.2, 0.25) is 10.0 Å². The molecule has 32 heavy (non-hydrogen) atoms. The molecule has 0 heterocycles. The Morgan fingerprint density at radius 1 is 1.00 bits per heavy atom. The summed E-state index contributed by atoms with van der Waals surface area (Å²) in [5.74, 6) is -0.937. The van der Waals surface area contributed by atoms with Gasteiger partial charge in [-0.25, -0.2) is 12.8 Å². The third kappa shape index (κ3) is 6.29. The summed E-state index contributed by atoms with van der Waals surface area (Å²) in [6, 6.07) is 16.7. The standard InChI is InChI=1S/C23H21Cl2FN2O3S/c1-16-2-10-21(11-3-16)32(30,31)28(14-17-4-8-20(26)9-5-17)15-23(29)27-13-18-6-7-19(24)12-22(18)25/h2-12H,13-15H2,1H3,(H,27,29). The van der Waals surface area contributed by atoms with Gasteiger partial charge in [0.2, 0.25) is 15.9 Å². The molecule has 1 amide bonds. The van der Waals surface area contributed by atoms with E-state index in [1.54, 1.807) is 30.3 Å². The molecule has 0 saturated carbocycles. The molecule has 0 atom stereocenters. The van der Waals surface area contributed by atoms with Crippen LogP contribution in [0, 0.1) is 12.7 Å². The van der Waals surface area contributed by atoms with Gasteiger partial charge in [0.1, 0.15) is 5.82 Å². The molecule has 0 fully saturated rings. The highest BCUT2D eigenvalue weighted by atomic mass is 35.5. The Morgan fingerprint density at radius 3 is 2.28 bits per heavy atom. The first-order chi connectivity index (χ1) is 15.1. The van der Waals surface area contributed by atoms with Crippen molar-refractivity contribution in [1.29, 1.82) is 0 Å². The van der Waals surface area contributed by atoms with Gasteiger partial charge in [0.25, 0.3) is 0 Å². The zero-order chi connectivity index (χ0) is 23.3. The number of hydrogen-bond donors (Lipinski definition) is 1. The van der Waals surface area contributed by atoms with E-state index in [0.717, 1.165) is 9.87 Å². The van der Waals surface area contributed by atoms with Crippen molar-refractivity contribution in [3.8, 4) is 0 Å². The fourth-order valence-electron chi connectivity index (χ4n) is 2.95. The van der Waals surface area contributed by atoms with Gasteiger partial charge in [-0.2, -0.15) is 4.31 Å². The molecule has 0 bridgehead atoms. The monoisotopic (exact) mass is 494 g/mol. The minimum Gasteiger partial charge on any atom is -0.351 e. The minimum absolute atomic E-state index is 0.0683. The van der Waals surface area contributed by atoms with Crippen molar-refractivity contribution < 1.29 is 17.6 Å². The van der Waals surface area contributed by atoms with E-state index < -0.39 is 28.3 Å². The van der Waals surface area contributed by atoms with E-state index in [-0.39, 0.29) is 18.0 Å². The van der Waals surface area contributed by atoms with Crippen molar-refractivity contribution >= 4 is 39.1 Å². The lowest BCUT2D eigenvalue weighted by Gasteiger charge is -2.22. The van der Waals surface area contributed by atoms with E-state index in [9.17, 15) is 17.6 Å². The van der Waals surface area contributed by atoms with Crippen molar-refractivity contribution in [2.24, 2.45) is 0 Å². The summed E-state index contributed by atoms with van der Waals surface area (Å²) in [7, 11) is -3.98. The smallest absolute Gasteiger partial charge is 0.243 e. The lowest BCUT2D eigenvalue weighted by molar-refractivity contribution is -0.121. The zero-order valence-electron chi connectivity index (χ0n) is 17.2. The fourth-order valence-corrected chi connectivity index (χ4v) is 4.81. The van der Waals surface area contributed by atoms with Gasteiger partial charge in [-0.3, -0.25) is 4.79 Å². The molecule has 9 heteroatoms. The minimum atomic E-state index is -3.98. The molecule has 0 saturated heterocycles. The van der Waals surface area contributed by atoms with Crippen LogP contribution >= 0.6 is 23.2 Å². The normalized spacial score (nSPS) is 11.5. The van der Waals surface area contributed by atoms with Crippen LogP contribution in [0.1, 0.15) is 16.7 Å². The Bertz CT molecular complexity index is 1200. The Labute approximate surface area is 196 Å². The third-order valence-corrected chi connectivity index (χ3v) is 7.13. The Balaban J connectivity index is 1.80. The van der Waals surface area contributed by atoms with Crippen molar-refractivity contribution in [1.82, 2.24) is 9.62 Å². The number of aryl methyl sites for hydroxylation is 1. The molecule has 1 N–H and O–H groups in total. The number of hydrogen-bond acceptors (Lipinski definition) is 3. The first kappa shape index (κ1) is 24.2. The van der Waals surface area contributed by atoms with Crippen LogP contribution < -0.4 is 5.32 Å². The highest BCUT2D eigenvalue weighted by molar-refractivity contribution is 7.89. The van der Waals surface area contributed by atoms with E-state index >= 15 is 0 Å². The van der Waals surface area contributed by atoms with E-state index in [0.29, 0.717) is 21.2 Å². The number of nitrogens with one attached hydrogen (secondary N) is 1. The summed E-state index contributed by atoms with van der Waals surface area (Å²) >= 11 is 12.0. The Hall–Kier alpha value is -2.45. The van der Waals surface area contributed by atoms with E-state index in [1.165, 1.54) is 36.4 Å². The summed E-state index contributed by atoms with van der Waals surface area (Å²) in [4.78, 5) is 12.7. The summed E-state index contributed by atoms with van der Waals surface area (Å²) in [5.41, 5.74) is 2.11. The lowest BCUT2D eigenvalue weighted by Crippen LogP contribution is -2.40. The molecule has 3 aromatic carbocycles. The van der Waals surface area contributed by atoms with E-state index in [2.05, 4.69) is 5.32 Å². The largest absolute Gasteiger partial charge is 0.351 e. The van der Waals surface area contributed by atoms with Crippen molar-refractivity contribution in [3.63, 3.8) is 0 Å². The Kier molecular flexibility index (Phi) is 7.90. The van der Waals surface area contributed by atoms with Crippen molar-refractivity contribution in [2.75, 3.05) is 6.54 Å². The lowest BCUT2D eigenvalue weighted by atomic mass is 10.2. The van der Waals surface area contributed by atoms with Crippen LogP contribution in [-0.4, -0.2) is 25.2 Å². The highest BCUT2D eigenvalue weighted by Gasteiger charge is 2.27. The van der Waals surface area contributed by atoms with Gasteiger partial charge >= 0.3 is 0 Å². The Morgan fingerprint density at radius 2 is 1.66 bits per heavy atom. The third-order valence-electron chi connectivity index (χ3n) is 4.74. The zero-order valence-corrected chi connectivity index (χ0v) is 19.5. The molecule has 0 radical (unpaired) electrons. The molecule has 168 valence electrons. The molecule has 0 aliphatic carbocycles. The number of amides is 1. The van der Waals surface area contributed by atoms with E-state index in [1.807, 2.05) is 6.92 Å². The summed E-state index contributed by atoms with van der Waals surface area (Å²) in [6.07, 6.45) is 0. The maximum atomic E-state index is 13.3. The summed E-state index contributed by atoms with van der Waals surface area (Å²) < 4.78 is 40.8. The van der Waals surface area contributed by atoms with Gasteiger partial charge in [0.15, 0.2) is 0 Å². The fraction of sp³-hybridized carbons (Fsp3) is 0.174. The van der Waals surface area contributed by atoms with Crippen LogP contribution in [0.25, 0.3) is 0 Å². The molecule has 0 aromatic heterocycles. The van der Waals surface area contributed by atoms with Gasteiger partial charge in [0, 0.05) is 23.1 Å². The number of carbonyl (C=O) groups is 1. The predicted octanol–water partition coefficient (Wildman–Crippen LogP) is 4.95. The maximum Gasteiger partial charge on any atom is 0.243 e. The van der Waals surface area contributed by atoms with Crippen LogP contribution in [0.3, 0.4) is 0 Å². The van der Waals surface area contributed by atoms with Crippen molar-refractivity contribution in [3.05, 3.63) is 99.3 Å². The molecule has 0 unspecified atom stereocenters. The summed E-state index contributed by atoms with van der Waals surface area (Å²) in [5, 5.41) is 3.55. The summed E-state index contributed by atoms with van der Waals surface area (Å²) in [6.45, 7) is 1.45. The molecular weight excluding hydrogens is 474 g/mol. The van der Waals surface area contributed by atoms with Crippen LogP contribution in [0.5, 0.6) is 0 Å². The average molecular weight is 495 g/mol. The predicted molar refractivity (Wildman–Crippen MR) is 123 cm³/mol. The van der Waals surface area contributed by atoms with Gasteiger partial charge in [-0.1, -0.05) is 59.1 Å². The molecule has 5 nitrogen and oxygen atoms in total. The van der Waals surface area contributed by atoms with Crippen LogP contribution in [0.4, 0.5) is 4.39 Å². The van der Waals surface area contributed by atoms with Gasteiger partial charge in [-0.15, -0.1) is 0 Å². The maximum absolute atomic E-state index is 13.3. The van der Waals surface area contributed by atoms with Crippen LogP contribution in [-0.2, 0) is 27.9 Å². The SMILES string of the molecule is Cc1ccc(S(=O)(=O)N(CC(=O)NCc2ccc(Cl)cc2Cl)Cc2ccc(F)cc2)cc1. The van der Waals surface area contributed by atoms with Gasteiger partial charge in [0.05, 0.1) is 11.4 Å². The van der Waals surface area contributed by atoms with Gasteiger partial charge < -0.3 is 5.32 Å². The molecule has 3 rings (SSSR count). The second-order valence-corrected chi connectivity index (χ2v) is 10.0. The number of rotatable bonds is 8.